The summed E-state index contributed by atoms with van der Waals surface area (Å²) in [6, 6.07) is 3.88. The Morgan fingerprint density at radius 3 is 2.74 bits per heavy atom. The van der Waals surface area contributed by atoms with Crippen LogP contribution < -0.4 is 0 Å². The van der Waals surface area contributed by atoms with Crippen molar-refractivity contribution in [2.75, 3.05) is 6.54 Å². The summed E-state index contributed by atoms with van der Waals surface area (Å²) in [6.07, 6.45) is 6.79. The van der Waals surface area contributed by atoms with Crippen molar-refractivity contribution in [3.05, 3.63) is 31.0 Å². The van der Waals surface area contributed by atoms with Crippen molar-refractivity contribution in [1.29, 1.82) is 5.26 Å². The molecule has 0 bridgehead atoms. The van der Waals surface area contributed by atoms with E-state index in [1.807, 2.05) is 0 Å². The van der Waals surface area contributed by atoms with Gasteiger partial charge >= 0.3 is 6.09 Å². The molecule has 0 aromatic carbocycles. The monoisotopic (exact) mass is 483 g/mol. The molecule has 2 unspecified atom stereocenters. The second kappa shape index (κ2) is 7.89. The van der Waals surface area contributed by atoms with E-state index in [0.717, 1.165) is 0 Å². The van der Waals surface area contributed by atoms with Gasteiger partial charge in [-0.3, -0.25) is 4.68 Å². The lowest BCUT2D eigenvalue weighted by molar-refractivity contribution is 0.0347. The number of carbonyl (C=O) groups is 1. The van der Waals surface area contributed by atoms with Crippen LogP contribution in [-0.4, -0.2) is 60.5 Å². The Labute approximate surface area is 197 Å². The Bertz CT molecular complexity index is 1410. The first-order valence-corrected chi connectivity index (χ1v) is 12.6. The van der Waals surface area contributed by atoms with E-state index in [1.165, 1.54) is 15.2 Å². The summed E-state index contributed by atoms with van der Waals surface area (Å²) in [5, 5.41) is 13.9. The molecule has 178 valence electrons. The maximum atomic E-state index is 12.9. The summed E-state index contributed by atoms with van der Waals surface area (Å²) in [7, 11) is -3.41. The van der Waals surface area contributed by atoms with Gasteiger partial charge in [0.05, 0.1) is 23.2 Å². The average molecular weight is 484 g/mol. The van der Waals surface area contributed by atoms with Gasteiger partial charge in [0.15, 0.2) is 5.65 Å². The van der Waals surface area contributed by atoms with Gasteiger partial charge in [0.2, 0.25) is 10.0 Å². The minimum atomic E-state index is -3.41. The van der Waals surface area contributed by atoms with Gasteiger partial charge in [0.1, 0.15) is 18.1 Å². The zero-order valence-corrected chi connectivity index (χ0v) is 19.9. The molecule has 11 nitrogen and oxygen atoms in total. The highest BCUT2D eigenvalue weighted by molar-refractivity contribution is 7.90. The number of aromatic nitrogens is 5. The molecule has 0 radical (unpaired) electrons. The second-order valence-corrected chi connectivity index (χ2v) is 11.9. The van der Waals surface area contributed by atoms with E-state index in [2.05, 4.69) is 21.1 Å². The van der Waals surface area contributed by atoms with Crippen molar-refractivity contribution in [2.24, 2.45) is 5.92 Å². The molecule has 4 heterocycles. The number of nitriles is 1. The van der Waals surface area contributed by atoms with Crippen LogP contribution >= 0.6 is 0 Å². The van der Waals surface area contributed by atoms with Crippen LogP contribution in [0.3, 0.4) is 0 Å². The molecule has 2 atom stereocenters. The first kappa shape index (κ1) is 22.5. The zero-order chi connectivity index (χ0) is 24.3. The first-order valence-electron chi connectivity index (χ1n) is 11.1. The lowest BCUT2D eigenvalue weighted by Gasteiger charge is -2.45. The van der Waals surface area contributed by atoms with Crippen molar-refractivity contribution in [3.8, 4) is 17.3 Å². The van der Waals surface area contributed by atoms with E-state index in [0.29, 0.717) is 41.7 Å². The van der Waals surface area contributed by atoms with E-state index in [-0.39, 0.29) is 17.6 Å². The molecule has 2 aliphatic rings. The maximum Gasteiger partial charge on any atom is 0.420 e. The van der Waals surface area contributed by atoms with E-state index in [4.69, 9.17) is 4.74 Å². The predicted molar refractivity (Wildman–Crippen MR) is 122 cm³/mol. The maximum absolute atomic E-state index is 12.9. The van der Waals surface area contributed by atoms with Gasteiger partial charge in [-0.15, -0.1) is 0 Å². The van der Waals surface area contributed by atoms with E-state index >= 15 is 0 Å². The normalized spacial score (nSPS) is 21.2. The van der Waals surface area contributed by atoms with Gasteiger partial charge in [0.25, 0.3) is 0 Å². The van der Waals surface area contributed by atoms with Gasteiger partial charge in [-0.2, -0.15) is 14.7 Å². The smallest absolute Gasteiger partial charge is 0.420 e. The number of carbonyl (C=O) groups excluding carboxylic acids is 1. The molecular formula is C22H25N7O4S. The number of rotatable bonds is 5. The summed E-state index contributed by atoms with van der Waals surface area (Å²) in [5.41, 5.74) is 0.961. The highest BCUT2D eigenvalue weighted by atomic mass is 32.2. The highest BCUT2D eigenvalue weighted by Crippen LogP contribution is 2.44. The highest BCUT2D eigenvalue weighted by Gasteiger charge is 2.52. The van der Waals surface area contributed by atoms with Crippen molar-refractivity contribution < 1.29 is 17.9 Å². The Kier molecular flexibility index (Phi) is 5.22. The fourth-order valence-electron chi connectivity index (χ4n) is 4.22. The van der Waals surface area contributed by atoms with Crippen molar-refractivity contribution in [2.45, 2.75) is 57.1 Å². The van der Waals surface area contributed by atoms with Crippen LogP contribution in [0.5, 0.6) is 0 Å². The topological polar surface area (TPSA) is 136 Å². The largest absolute Gasteiger partial charge is 0.443 e. The lowest BCUT2D eigenvalue weighted by Crippen LogP contribution is -2.55. The van der Waals surface area contributed by atoms with Crippen LogP contribution in [0.15, 0.2) is 31.0 Å². The predicted octanol–water partition coefficient (Wildman–Crippen LogP) is 2.91. The van der Waals surface area contributed by atoms with Crippen molar-refractivity contribution >= 4 is 27.1 Å². The van der Waals surface area contributed by atoms with Crippen LogP contribution in [0.25, 0.3) is 22.3 Å². The fraction of sp³-hybridized carbons (Fsp3) is 0.500. The summed E-state index contributed by atoms with van der Waals surface area (Å²) in [4.78, 5) is 21.2. The van der Waals surface area contributed by atoms with Gasteiger partial charge in [-0.05, 0) is 39.7 Å². The summed E-state index contributed by atoms with van der Waals surface area (Å²) in [5.74, 6) is -0.134. The van der Waals surface area contributed by atoms with Gasteiger partial charge in [0, 0.05) is 42.2 Å². The van der Waals surface area contributed by atoms with Crippen molar-refractivity contribution in [3.63, 3.8) is 0 Å². The number of fused-ring (bicyclic) bond motifs is 1. The molecule has 0 amide bonds. The molecule has 5 rings (SSSR count). The van der Waals surface area contributed by atoms with E-state index < -0.39 is 27.9 Å². The van der Waals surface area contributed by atoms with Crippen LogP contribution in [0.2, 0.25) is 0 Å². The van der Waals surface area contributed by atoms with Crippen LogP contribution in [0, 0.1) is 17.2 Å². The molecule has 0 spiro atoms. The average Bonchev–Trinajstić information content (AvgIpc) is 3.36. The third-order valence-corrected chi connectivity index (χ3v) is 8.31. The SMILES string of the molecule is CC(C)(C)OC(=O)n1ccc2c(-c3cnn(C4C(CC#N)CN4S(=O)(=O)C4CC4)c3)ncnc21. The molecule has 1 aliphatic heterocycles. The zero-order valence-electron chi connectivity index (χ0n) is 19.1. The van der Waals surface area contributed by atoms with Gasteiger partial charge in [-0.25, -0.2) is 27.7 Å². The quantitative estimate of drug-likeness (QED) is 0.540. The standard InChI is InChI=1S/C22H25N7O4S/c1-22(2,3)33-21(30)27-9-7-17-18(24-13-25-19(17)27)15-10-26-28(11-15)20-14(6-8-23)12-29(20)34(31,32)16-4-5-16/h7,9-11,13-14,16,20H,4-6,12H2,1-3H3. The third-order valence-electron chi connectivity index (χ3n) is 5.97. The van der Waals surface area contributed by atoms with Gasteiger partial charge < -0.3 is 4.74 Å². The Balaban J connectivity index is 1.48. The summed E-state index contributed by atoms with van der Waals surface area (Å²) < 4.78 is 35.6. The van der Waals surface area contributed by atoms with Crippen LogP contribution in [0.4, 0.5) is 4.79 Å². The third kappa shape index (κ3) is 3.84. The number of sulfonamides is 1. The summed E-state index contributed by atoms with van der Waals surface area (Å²) in [6.45, 7) is 5.69. The molecule has 12 heteroatoms. The minimum Gasteiger partial charge on any atom is -0.443 e. The first-order chi connectivity index (χ1) is 16.1. The van der Waals surface area contributed by atoms with Crippen LogP contribution in [0.1, 0.15) is 46.2 Å². The number of ether oxygens (including phenoxy) is 1. The number of nitrogens with zero attached hydrogens (tertiary/aromatic N) is 7. The number of hydrogen-bond donors (Lipinski definition) is 0. The fourth-order valence-corrected chi connectivity index (χ4v) is 6.31. The van der Waals surface area contributed by atoms with Crippen molar-refractivity contribution in [1.82, 2.24) is 28.6 Å². The molecule has 2 fully saturated rings. The van der Waals surface area contributed by atoms with E-state index in [1.54, 1.807) is 50.1 Å². The van der Waals surface area contributed by atoms with Gasteiger partial charge in [-0.1, -0.05) is 0 Å². The van der Waals surface area contributed by atoms with Crippen LogP contribution in [-0.2, 0) is 14.8 Å². The molecule has 3 aromatic rings. The Morgan fingerprint density at radius 2 is 2.06 bits per heavy atom. The number of hydrogen-bond acceptors (Lipinski definition) is 8. The molecule has 1 saturated heterocycles. The molecule has 1 aliphatic carbocycles. The molecular weight excluding hydrogens is 458 g/mol. The molecule has 0 N–H and O–H groups in total. The minimum absolute atomic E-state index is 0.134. The summed E-state index contributed by atoms with van der Waals surface area (Å²) >= 11 is 0. The molecule has 3 aromatic heterocycles. The second-order valence-electron chi connectivity index (χ2n) is 9.68. The Morgan fingerprint density at radius 1 is 1.29 bits per heavy atom. The molecule has 34 heavy (non-hydrogen) atoms. The van der Waals surface area contributed by atoms with E-state index in [9.17, 15) is 18.5 Å². The lowest BCUT2D eigenvalue weighted by atomic mass is 9.95. The molecule has 1 saturated carbocycles. The Hall–Kier alpha value is -3.30.